The van der Waals surface area contributed by atoms with Gasteiger partial charge in [0, 0.05) is 12.7 Å². The first-order chi connectivity index (χ1) is 12.3. The highest BCUT2D eigenvalue weighted by Crippen LogP contribution is 2.23. The summed E-state index contributed by atoms with van der Waals surface area (Å²) in [5.74, 6) is -0.584. The Bertz CT molecular complexity index is 809. The van der Waals surface area contributed by atoms with Gasteiger partial charge in [-0.1, -0.05) is 17.8 Å². The summed E-state index contributed by atoms with van der Waals surface area (Å²) in [5, 5.41) is 10.7. The summed E-state index contributed by atoms with van der Waals surface area (Å²) in [7, 11) is 1.72. The van der Waals surface area contributed by atoms with Gasteiger partial charge < -0.3 is 14.6 Å². The van der Waals surface area contributed by atoms with E-state index in [-0.39, 0.29) is 24.1 Å². The molecule has 2 aromatic rings. The van der Waals surface area contributed by atoms with Gasteiger partial charge in [-0.05, 0) is 38.5 Å². The van der Waals surface area contributed by atoms with Crippen molar-refractivity contribution in [2.75, 3.05) is 11.9 Å². The Kier molecular flexibility index (Phi) is 6.73. The molecule has 26 heavy (non-hydrogen) atoms. The number of thioether (sulfide) groups is 1. The van der Waals surface area contributed by atoms with Gasteiger partial charge in [0.2, 0.25) is 5.91 Å². The minimum absolute atomic E-state index is 0.0150. The summed E-state index contributed by atoms with van der Waals surface area (Å²) in [6, 6.07) is 4.53. The minimum Gasteiger partial charge on any atom is -0.466 e. The van der Waals surface area contributed by atoms with Crippen molar-refractivity contribution >= 4 is 29.3 Å². The normalized spacial score (nSPS) is 11.9. The Morgan fingerprint density at radius 3 is 2.77 bits per heavy atom. The lowest BCUT2D eigenvalue weighted by atomic mass is 10.2. The van der Waals surface area contributed by atoms with E-state index in [4.69, 9.17) is 4.74 Å². The lowest BCUT2D eigenvalue weighted by Crippen LogP contribution is -2.23. The predicted octanol–water partition coefficient (Wildman–Crippen LogP) is 2.49. The molecule has 0 saturated carbocycles. The number of carbonyl (C=O) groups is 2. The highest BCUT2D eigenvalue weighted by molar-refractivity contribution is 8.00. The molecule has 9 heteroatoms. The van der Waals surface area contributed by atoms with Gasteiger partial charge in [-0.25, -0.2) is 4.39 Å². The highest BCUT2D eigenvalue weighted by atomic mass is 32.2. The van der Waals surface area contributed by atoms with Crippen molar-refractivity contribution in [1.29, 1.82) is 0 Å². The lowest BCUT2D eigenvalue weighted by molar-refractivity contribution is -0.142. The lowest BCUT2D eigenvalue weighted by Gasteiger charge is -2.12. The zero-order valence-electron chi connectivity index (χ0n) is 15.1. The average Bonchev–Trinajstić information content (AvgIpc) is 2.91. The first-order valence-corrected chi connectivity index (χ1v) is 8.97. The number of halogens is 1. The van der Waals surface area contributed by atoms with Crippen molar-refractivity contribution in [3.05, 3.63) is 35.4 Å². The van der Waals surface area contributed by atoms with Crippen molar-refractivity contribution in [3.63, 3.8) is 0 Å². The van der Waals surface area contributed by atoms with Crippen LogP contribution in [0.5, 0.6) is 0 Å². The Labute approximate surface area is 155 Å². The molecule has 1 aromatic carbocycles. The monoisotopic (exact) mass is 380 g/mol. The van der Waals surface area contributed by atoms with Crippen LogP contribution in [0.25, 0.3) is 0 Å². The number of benzene rings is 1. The second kappa shape index (κ2) is 8.79. The fourth-order valence-corrected chi connectivity index (χ4v) is 2.90. The summed E-state index contributed by atoms with van der Waals surface area (Å²) in [5.41, 5.74) is 0.908. The second-order valence-electron chi connectivity index (χ2n) is 5.65. The number of nitrogens with one attached hydrogen (secondary N) is 1. The van der Waals surface area contributed by atoms with Gasteiger partial charge in [0.1, 0.15) is 18.1 Å². The van der Waals surface area contributed by atoms with Gasteiger partial charge in [-0.3, -0.25) is 9.59 Å². The quantitative estimate of drug-likeness (QED) is 0.587. The molecule has 1 N–H and O–H groups in total. The number of carbonyl (C=O) groups excluding carboxylic acids is 2. The Hall–Kier alpha value is -2.42. The van der Waals surface area contributed by atoms with Crippen LogP contribution in [0.2, 0.25) is 0 Å². The zero-order valence-corrected chi connectivity index (χ0v) is 15.9. The van der Waals surface area contributed by atoms with Crippen molar-refractivity contribution < 1.29 is 18.7 Å². The van der Waals surface area contributed by atoms with E-state index in [2.05, 4.69) is 15.5 Å². The molecule has 1 atom stereocenters. The maximum absolute atomic E-state index is 13.6. The third-order valence-corrected chi connectivity index (χ3v) is 4.76. The van der Waals surface area contributed by atoms with Gasteiger partial charge in [0.15, 0.2) is 5.16 Å². The number of rotatable bonds is 7. The third-order valence-electron chi connectivity index (χ3n) is 3.62. The predicted molar refractivity (Wildman–Crippen MR) is 96.4 cm³/mol. The number of aryl methyl sites for hydroxylation is 1. The van der Waals surface area contributed by atoms with Crippen LogP contribution in [-0.2, 0) is 27.8 Å². The van der Waals surface area contributed by atoms with Crippen molar-refractivity contribution in [1.82, 2.24) is 14.8 Å². The molecule has 2 rings (SSSR count). The Balaban J connectivity index is 1.99. The number of anilines is 1. The van der Waals surface area contributed by atoms with E-state index in [9.17, 15) is 14.0 Å². The van der Waals surface area contributed by atoms with E-state index in [0.29, 0.717) is 28.8 Å². The van der Waals surface area contributed by atoms with E-state index < -0.39 is 5.25 Å². The molecular weight excluding hydrogens is 359 g/mol. The smallest absolute Gasteiger partial charge is 0.313 e. The third kappa shape index (κ3) is 5.04. The molecule has 0 spiro atoms. The molecule has 0 bridgehead atoms. The van der Waals surface area contributed by atoms with Gasteiger partial charge in [-0.15, -0.1) is 10.2 Å². The molecule has 0 aliphatic carbocycles. The standard InChI is InChI=1S/C17H21FN4O3S/c1-5-25-15(23)9-14-20-21-17(22(14)4)26-11(3)16(24)19-12-7-6-10(2)13(18)8-12/h6-8,11H,5,9H2,1-4H3,(H,19,24)/t11-/m1/s1. The fourth-order valence-electron chi connectivity index (χ4n) is 2.07. The summed E-state index contributed by atoms with van der Waals surface area (Å²) in [6.45, 7) is 5.40. The largest absolute Gasteiger partial charge is 0.466 e. The van der Waals surface area contributed by atoms with Crippen LogP contribution in [0.4, 0.5) is 10.1 Å². The summed E-state index contributed by atoms with van der Waals surface area (Å²) < 4.78 is 20.1. The van der Waals surface area contributed by atoms with E-state index in [1.54, 1.807) is 44.5 Å². The number of esters is 1. The minimum atomic E-state index is -0.488. The number of ether oxygens (including phenoxy) is 1. The second-order valence-corrected chi connectivity index (χ2v) is 6.96. The molecule has 0 fully saturated rings. The van der Waals surface area contributed by atoms with Crippen molar-refractivity contribution in [2.45, 2.75) is 37.6 Å². The molecule has 0 radical (unpaired) electrons. The van der Waals surface area contributed by atoms with Crippen LogP contribution in [0, 0.1) is 12.7 Å². The molecule has 0 unspecified atom stereocenters. The first kappa shape index (κ1) is 19.9. The molecule has 7 nitrogen and oxygen atoms in total. The fraction of sp³-hybridized carbons (Fsp3) is 0.412. The molecule has 0 saturated heterocycles. The van der Waals surface area contributed by atoms with Crippen molar-refractivity contribution in [3.8, 4) is 0 Å². The van der Waals surface area contributed by atoms with Crippen LogP contribution in [0.1, 0.15) is 25.2 Å². The van der Waals surface area contributed by atoms with Crippen LogP contribution >= 0.6 is 11.8 Å². The summed E-state index contributed by atoms with van der Waals surface area (Å²) in [4.78, 5) is 23.9. The van der Waals surface area contributed by atoms with E-state index in [1.807, 2.05) is 0 Å². The van der Waals surface area contributed by atoms with E-state index in [1.165, 1.54) is 17.8 Å². The highest BCUT2D eigenvalue weighted by Gasteiger charge is 2.20. The van der Waals surface area contributed by atoms with Crippen LogP contribution in [-0.4, -0.2) is 38.5 Å². The molecule has 0 aliphatic heterocycles. The molecule has 1 heterocycles. The maximum atomic E-state index is 13.6. The number of hydrogen-bond donors (Lipinski definition) is 1. The van der Waals surface area contributed by atoms with E-state index in [0.717, 1.165) is 0 Å². The topological polar surface area (TPSA) is 86.1 Å². The van der Waals surface area contributed by atoms with Gasteiger partial charge in [-0.2, -0.15) is 0 Å². The molecule has 1 amide bonds. The number of aromatic nitrogens is 3. The maximum Gasteiger partial charge on any atom is 0.313 e. The Morgan fingerprint density at radius 1 is 1.38 bits per heavy atom. The van der Waals surface area contributed by atoms with Crippen molar-refractivity contribution in [2.24, 2.45) is 7.05 Å². The van der Waals surface area contributed by atoms with E-state index >= 15 is 0 Å². The molecule has 0 aliphatic rings. The van der Waals surface area contributed by atoms with Gasteiger partial charge >= 0.3 is 5.97 Å². The summed E-state index contributed by atoms with van der Waals surface area (Å²) >= 11 is 1.20. The molecule has 140 valence electrons. The Morgan fingerprint density at radius 2 is 2.12 bits per heavy atom. The molecule has 1 aromatic heterocycles. The van der Waals surface area contributed by atoms with Crippen LogP contribution < -0.4 is 5.32 Å². The average molecular weight is 380 g/mol. The summed E-state index contributed by atoms with van der Waals surface area (Å²) in [6.07, 6.45) is 0.0150. The SMILES string of the molecule is CCOC(=O)Cc1nnc(S[C@H](C)C(=O)Nc2ccc(C)c(F)c2)n1C. The van der Waals surface area contributed by atoms with Crippen LogP contribution in [0.3, 0.4) is 0 Å². The van der Waals surface area contributed by atoms with Gasteiger partial charge in [0.25, 0.3) is 0 Å². The number of amides is 1. The number of hydrogen-bond acceptors (Lipinski definition) is 6. The zero-order chi connectivity index (χ0) is 19.3. The number of nitrogens with zero attached hydrogens (tertiary/aromatic N) is 3. The molecular formula is C17H21FN4O3S. The first-order valence-electron chi connectivity index (χ1n) is 8.09. The van der Waals surface area contributed by atoms with Gasteiger partial charge in [0.05, 0.1) is 11.9 Å². The van der Waals surface area contributed by atoms with Crippen LogP contribution in [0.15, 0.2) is 23.4 Å².